The third-order valence-corrected chi connectivity index (χ3v) is 10.0. The van der Waals surface area contributed by atoms with Gasteiger partial charge in [0.1, 0.15) is 38.8 Å². The molecule has 0 unspecified atom stereocenters. The molecule has 4 aromatic carbocycles. The fraction of sp³-hybridized carbons (Fsp3) is 0.348. The van der Waals surface area contributed by atoms with Crippen LogP contribution >= 0.6 is 0 Å². The van der Waals surface area contributed by atoms with Crippen molar-refractivity contribution in [1.29, 1.82) is 0 Å². The summed E-state index contributed by atoms with van der Waals surface area (Å²) in [4.78, 5) is 0. The number of nitrogens with zero attached hydrogens (tertiary/aromatic N) is 2. The Kier molecular flexibility index (Phi) is 9.37. The van der Waals surface area contributed by atoms with E-state index in [0.29, 0.717) is 26.4 Å². The third kappa shape index (κ3) is 7.16. The SMILES string of the molecule is Cc1cc2c(cc1-c1c3cccc(CC(C)(C)COc4cc(OCC(C)(C)C)c(C)c(-c5c6ccccc6cc[n+]5C)c4)c3cc[n+]1C)OCCO2. The highest BCUT2D eigenvalue weighted by atomic mass is 16.6. The molecule has 3 heterocycles. The molecule has 0 amide bonds. The topological polar surface area (TPSA) is 44.7 Å². The van der Waals surface area contributed by atoms with Gasteiger partial charge in [-0.2, -0.15) is 0 Å². The number of pyridine rings is 2. The van der Waals surface area contributed by atoms with Crippen molar-refractivity contribution < 1.29 is 28.1 Å². The summed E-state index contributed by atoms with van der Waals surface area (Å²) in [5, 5.41) is 4.86. The molecule has 6 aromatic rings. The molecule has 0 fully saturated rings. The van der Waals surface area contributed by atoms with Crippen molar-refractivity contribution >= 4 is 21.5 Å². The maximum absolute atomic E-state index is 6.76. The zero-order valence-electron chi connectivity index (χ0n) is 32.2. The van der Waals surface area contributed by atoms with Crippen molar-refractivity contribution in [3.8, 4) is 45.5 Å². The van der Waals surface area contributed by atoms with Gasteiger partial charge in [0.15, 0.2) is 23.9 Å². The summed E-state index contributed by atoms with van der Waals surface area (Å²) in [5.41, 5.74) is 7.99. The lowest BCUT2D eigenvalue weighted by Gasteiger charge is -2.26. The average molecular weight is 697 g/mol. The molecule has 0 aliphatic carbocycles. The third-order valence-electron chi connectivity index (χ3n) is 10.0. The minimum Gasteiger partial charge on any atom is -0.493 e. The van der Waals surface area contributed by atoms with Crippen LogP contribution in [-0.4, -0.2) is 26.4 Å². The van der Waals surface area contributed by atoms with Gasteiger partial charge in [0.2, 0.25) is 11.4 Å². The quantitative estimate of drug-likeness (QED) is 0.141. The Bertz CT molecular complexity index is 2300. The minimum atomic E-state index is -0.166. The predicted molar refractivity (Wildman–Crippen MR) is 210 cm³/mol. The summed E-state index contributed by atoms with van der Waals surface area (Å²) in [5.74, 6) is 3.29. The zero-order chi connectivity index (χ0) is 36.8. The van der Waals surface area contributed by atoms with E-state index < -0.39 is 0 Å². The highest BCUT2D eigenvalue weighted by Crippen LogP contribution is 2.40. The van der Waals surface area contributed by atoms with Crippen LogP contribution in [0.4, 0.5) is 0 Å². The molecule has 1 aliphatic heterocycles. The molecule has 0 radical (unpaired) electrons. The van der Waals surface area contributed by atoms with Gasteiger partial charge in [-0.05, 0) is 77.9 Å². The molecule has 0 N–H and O–H groups in total. The summed E-state index contributed by atoms with van der Waals surface area (Å²) < 4.78 is 29.6. The van der Waals surface area contributed by atoms with E-state index in [9.17, 15) is 0 Å². The number of rotatable bonds is 9. The van der Waals surface area contributed by atoms with Gasteiger partial charge in [0, 0.05) is 29.2 Å². The van der Waals surface area contributed by atoms with Gasteiger partial charge in [0.25, 0.3) is 0 Å². The molecule has 0 bridgehead atoms. The molecule has 7 rings (SSSR count). The fourth-order valence-corrected chi connectivity index (χ4v) is 7.33. The van der Waals surface area contributed by atoms with Gasteiger partial charge in [-0.1, -0.05) is 65.0 Å². The van der Waals surface area contributed by atoms with Crippen LogP contribution in [0.3, 0.4) is 0 Å². The monoisotopic (exact) mass is 696 g/mol. The first-order valence-electron chi connectivity index (χ1n) is 18.4. The maximum Gasteiger partial charge on any atom is 0.220 e. The van der Waals surface area contributed by atoms with Gasteiger partial charge in [-0.25, -0.2) is 9.13 Å². The molecule has 1 aliphatic rings. The lowest BCUT2D eigenvalue weighted by atomic mass is 9.84. The van der Waals surface area contributed by atoms with Gasteiger partial charge in [-0.15, -0.1) is 0 Å². The number of aromatic nitrogens is 2. The van der Waals surface area contributed by atoms with Crippen molar-refractivity contribution in [3.05, 3.63) is 108 Å². The molecule has 0 saturated heterocycles. The molecule has 2 aromatic heterocycles. The Balaban J connectivity index is 1.21. The van der Waals surface area contributed by atoms with Crippen LogP contribution < -0.4 is 28.1 Å². The molecule has 0 saturated carbocycles. The maximum atomic E-state index is 6.76. The summed E-state index contributed by atoms with van der Waals surface area (Å²) in [7, 11) is 4.22. The summed E-state index contributed by atoms with van der Waals surface area (Å²) in [6.45, 7) is 17.8. The first-order valence-corrected chi connectivity index (χ1v) is 18.4. The molecular formula is C46H52N2O4+2. The lowest BCUT2D eigenvalue weighted by Crippen LogP contribution is -2.31. The largest absolute Gasteiger partial charge is 0.493 e. The van der Waals surface area contributed by atoms with Crippen LogP contribution in [0.2, 0.25) is 0 Å². The van der Waals surface area contributed by atoms with Crippen LogP contribution in [-0.2, 0) is 20.5 Å². The van der Waals surface area contributed by atoms with E-state index in [1.807, 2.05) is 0 Å². The Morgan fingerprint density at radius 2 is 1.33 bits per heavy atom. The van der Waals surface area contributed by atoms with Crippen molar-refractivity contribution in [1.82, 2.24) is 0 Å². The average Bonchev–Trinajstić information content (AvgIpc) is 3.10. The van der Waals surface area contributed by atoms with Crippen molar-refractivity contribution in [3.63, 3.8) is 0 Å². The van der Waals surface area contributed by atoms with Gasteiger partial charge < -0.3 is 18.9 Å². The standard InChI is InChI=1S/C46H52N2O4/c1-30-23-41-42(50-22-21-49-41)26-38(30)44-37-16-12-14-33(35(37)18-20-48(44)9)27-46(6,7)29-51-34-24-39(31(2)40(25-34)52-28-45(3,4)5)43-36-15-11-10-13-32(36)17-19-47(43)8/h10-20,23-26H,21-22,27-29H2,1-9H3/q+2. The van der Waals surface area contributed by atoms with E-state index in [1.165, 1.54) is 32.8 Å². The summed E-state index contributed by atoms with van der Waals surface area (Å²) in [6, 6.07) is 28.1. The minimum absolute atomic E-state index is 0.0196. The van der Waals surface area contributed by atoms with E-state index in [1.54, 1.807) is 0 Å². The number of benzene rings is 4. The van der Waals surface area contributed by atoms with E-state index in [4.69, 9.17) is 18.9 Å². The number of fused-ring (bicyclic) bond motifs is 3. The van der Waals surface area contributed by atoms with E-state index in [0.717, 1.165) is 57.4 Å². The number of aryl methyl sites for hydroxylation is 3. The van der Waals surface area contributed by atoms with E-state index >= 15 is 0 Å². The molecule has 0 atom stereocenters. The van der Waals surface area contributed by atoms with Gasteiger partial charge in [-0.3, -0.25) is 0 Å². The van der Waals surface area contributed by atoms with Crippen LogP contribution in [0.5, 0.6) is 23.0 Å². The summed E-state index contributed by atoms with van der Waals surface area (Å²) in [6.07, 6.45) is 5.15. The molecule has 6 heteroatoms. The molecule has 52 heavy (non-hydrogen) atoms. The van der Waals surface area contributed by atoms with Gasteiger partial charge in [0.05, 0.1) is 35.1 Å². The van der Waals surface area contributed by atoms with Crippen molar-refractivity contribution in [2.75, 3.05) is 26.4 Å². The van der Waals surface area contributed by atoms with Crippen LogP contribution in [0.15, 0.2) is 91.3 Å². The Morgan fingerprint density at radius 3 is 2.08 bits per heavy atom. The first-order chi connectivity index (χ1) is 24.8. The van der Waals surface area contributed by atoms with Crippen LogP contribution in [0.1, 0.15) is 51.3 Å². The fourth-order valence-electron chi connectivity index (χ4n) is 7.33. The Hall–Kier alpha value is -5.10. The normalized spacial score (nSPS) is 13.1. The Morgan fingerprint density at radius 1 is 0.654 bits per heavy atom. The predicted octanol–water partition coefficient (Wildman–Crippen LogP) is 9.44. The first kappa shape index (κ1) is 35.3. The van der Waals surface area contributed by atoms with Gasteiger partial charge >= 0.3 is 0 Å². The molecule has 0 spiro atoms. The van der Waals surface area contributed by atoms with Crippen LogP contribution in [0.25, 0.3) is 44.1 Å². The molecule has 6 nitrogen and oxygen atoms in total. The highest BCUT2D eigenvalue weighted by Gasteiger charge is 2.27. The van der Waals surface area contributed by atoms with Crippen molar-refractivity contribution in [2.45, 2.75) is 54.9 Å². The number of hydrogen-bond acceptors (Lipinski definition) is 4. The smallest absolute Gasteiger partial charge is 0.220 e. The molecular weight excluding hydrogens is 645 g/mol. The Labute approximate surface area is 308 Å². The number of hydrogen-bond donors (Lipinski definition) is 0. The number of ether oxygens (including phenoxy) is 4. The second-order valence-corrected chi connectivity index (χ2v) is 16.4. The van der Waals surface area contributed by atoms with E-state index in [2.05, 4.69) is 163 Å². The lowest BCUT2D eigenvalue weighted by molar-refractivity contribution is -0.659. The second-order valence-electron chi connectivity index (χ2n) is 16.4. The second kappa shape index (κ2) is 13.8. The summed E-state index contributed by atoms with van der Waals surface area (Å²) >= 11 is 0. The highest BCUT2D eigenvalue weighted by molar-refractivity contribution is 5.96. The van der Waals surface area contributed by atoms with Crippen LogP contribution in [0, 0.1) is 24.7 Å². The van der Waals surface area contributed by atoms with Crippen molar-refractivity contribution in [2.24, 2.45) is 24.9 Å². The molecule has 268 valence electrons. The van der Waals surface area contributed by atoms with E-state index in [-0.39, 0.29) is 10.8 Å². The zero-order valence-corrected chi connectivity index (χ0v) is 32.2.